The molecular formula is C17H25N3O3. The normalized spacial score (nSPS) is 12.8. The van der Waals surface area contributed by atoms with Crippen LogP contribution in [-0.2, 0) is 14.4 Å². The molecule has 0 fully saturated rings. The third-order valence-corrected chi connectivity index (χ3v) is 3.29. The Morgan fingerprint density at radius 3 is 2.30 bits per heavy atom. The van der Waals surface area contributed by atoms with Crippen LogP contribution in [0.15, 0.2) is 30.3 Å². The van der Waals surface area contributed by atoms with Crippen LogP contribution in [0.25, 0.3) is 0 Å². The van der Waals surface area contributed by atoms with Gasteiger partial charge in [-0.3, -0.25) is 14.4 Å². The zero-order chi connectivity index (χ0) is 17.2. The maximum absolute atomic E-state index is 12.2. The van der Waals surface area contributed by atoms with Gasteiger partial charge < -0.3 is 16.0 Å². The molecule has 0 unspecified atom stereocenters. The largest absolute Gasteiger partial charge is 0.354 e. The van der Waals surface area contributed by atoms with Gasteiger partial charge >= 0.3 is 0 Å². The molecule has 6 nitrogen and oxygen atoms in total. The molecule has 1 aromatic carbocycles. The first kappa shape index (κ1) is 18.7. The summed E-state index contributed by atoms with van der Waals surface area (Å²) in [7, 11) is 0. The molecule has 1 rings (SSSR count). The van der Waals surface area contributed by atoms with E-state index in [1.807, 2.05) is 37.3 Å². The highest BCUT2D eigenvalue weighted by Crippen LogP contribution is 2.16. The van der Waals surface area contributed by atoms with E-state index in [0.717, 1.165) is 12.0 Å². The Labute approximate surface area is 137 Å². The summed E-state index contributed by atoms with van der Waals surface area (Å²) < 4.78 is 0. The number of hydrogen-bond acceptors (Lipinski definition) is 3. The monoisotopic (exact) mass is 319 g/mol. The molecule has 2 atom stereocenters. The minimum atomic E-state index is -0.609. The highest BCUT2D eigenvalue weighted by Gasteiger charge is 2.20. The number of nitrogens with one attached hydrogen (secondary N) is 3. The minimum absolute atomic E-state index is 0.0784. The van der Waals surface area contributed by atoms with Gasteiger partial charge in [0.25, 0.3) is 0 Å². The summed E-state index contributed by atoms with van der Waals surface area (Å²) in [5.41, 5.74) is 0.848. The van der Waals surface area contributed by atoms with Crippen molar-refractivity contribution in [2.45, 2.75) is 45.7 Å². The van der Waals surface area contributed by atoms with Crippen LogP contribution in [0, 0.1) is 0 Å². The molecule has 0 aliphatic carbocycles. The van der Waals surface area contributed by atoms with Crippen LogP contribution < -0.4 is 16.0 Å². The number of benzene rings is 1. The van der Waals surface area contributed by atoms with Crippen LogP contribution in [0.4, 0.5) is 0 Å². The Morgan fingerprint density at radius 2 is 1.74 bits per heavy atom. The molecule has 0 aromatic heterocycles. The third kappa shape index (κ3) is 6.95. The molecule has 0 saturated carbocycles. The second-order valence-electron chi connectivity index (χ2n) is 5.45. The highest BCUT2D eigenvalue weighted by atomic mass is 16.2. The van der Waals surface area contributed by atoms with Crippen LogP contribution in [-0.4, -0.2) is 30.3 Å². The van der Waals surface area contributed by atoms with Gasteiger partial charge in [-0.15, -0.1) is 0 Å². The van der Waals surface area contributed by atoms with E-state index < -0.39 is 12.1 Å². The summed E-state index contributed by atoms with van der Waals surface area (Å²) in [5, 5.41) is 8.15. The molecule has 1 aromatic rings. The van der Waals surface area contributed by atoms with Crippen molar-refractivity contribution in [2.75, 3.05) is 6.54 Å². The lowest BCUT2D eigenvalue weighted by Gasteiger charge is -2.20. The molecule has 6 heteroatoms. The van der Waals surface area contributed by atoms with Crippen molar-refractivity contribution in [3.05, 3.63) is 35.9 Å². The van der Waals surface area contributed by atoms with Crippen molar-refractivity contribution in [3.63, 3.8) is 0 Å². The van der Waals surface area contributed by atoms with Crippen LogP contribution in [0.2, 0.25) is 0 Å². The van der Waals surface area contributed by atoms with Crippen molar-refractivity contribution >= 4 is 17.7 Å². The molecule has 3 N–H and O–H groups in total. The van der Waals surface area contributed by atoms with Gasteiger partial charge in [-0.05, 0) is 18.9 Å². The maximum Gasteiger partial charge on any atom is 0.242 e. The molecule has 0 aliphatic heterocycles. The number of amides is 3. The maximum atomic E-state index is 12.2. The number of carbonyl (C=O) groups excluding carboxylic acids is 3. The van der Waals surface area contributed by atoms with Gasteiger partial charge in [0.05, 0.1) is 12.5 Å². The minimum Gasteiger partial charge on any atom is -0.354 e. The van der Waals surface area contributed by atoms with Crippen molar-refractivity contribution < 1.29 is 14.4 Å². The molecule has 0 heterocycles. The molecule has 0 bridgehead atoms. The Hall–Kier alpha value is -2.37. The van der Waals surface area contributed by atoms with Crippen molar-refractivity contribution in [1.29, 1.82) is 0 Å². The van der Waals surface area contributed by atoms with Gasteiger partial charge in [-0.25, -0.2) is 0 Å². The Bertz CT molecular complexity index is 531. The first-order chi connectivity index (χ1) is 10.9. The summed E-state index contributed by atoms with van der Waals surface area (Å²) in [4.78, 5) is 35.3. The summed E-state index contributed by atoms with van der Waals surface area (Å²) in [5.74, 6) is -0.705. The summed E-state index contributed by atoms with van der Waals surface area (Å²) >= 11 is 0. The standard InChI is InChI=1S/C17H25N3O3/c1-4-10-18-17(23)12(2)19-16(22)11-15(20-13(3)21)14-8-6-5-7-9-14/h5-9,12,15H,4,10-11H2,1-3H3,(H,18,23)(H,19,22)(H,20,21)/t12-,15-/m1/s1. The van der Waals surface area contributed by atoms with Crippen LogP contribution in [0.1, 0.15) is 45.2 Å². The lowest BCUT2D eigenvalue weighted by atomic mass is 10.0. The summed E-state index contributed by atoms with van der Waals surface area (Å²) in [6.45, 7) is 5.59. The van der Waals surface area contributed by atoms with E-state index in [1.165, 1.54) is 6.92 Å². The Kier molecular flexibility index (Phi) is 7.80. The first-order valence-corrected chi connectivity index (χ1v) is 7.83. The lowest BCUT2D eigenvalue weighted by Crippen LogP contribution is -2.45. The average Bonchev–Trinajstić information content (AvgIpc) is 2.52. The topological polar surface area (TPSA) is 87.3 Å². The molecule has 0 spiro atoms. The second-order valence-corrected chi connectivity index (χ2v) is 5.45. The Morgan fingerprint density at radius 1 is 1.09 bits per heavy atom. The molecule has 3 amide bonds. The average molecular weight is 319 g/mol. The van der Waals surface area contributed by atoms with E-state index in [2.05, 4.69) is 16.0 Å². The highest BCUT2D eigenvalue weighted by molar-refractivity contribution is 5.87. The van der Waals surface area contributed by atoms with Gasteiger partial charge in [-0.1, -0.05) is 37.3 Å². The van der Waals surface area contributed by atoms with Gasteiger partial charge in [0.15, 0.2) is 0 Å². The van der Waals surface area contributed by atoms with E-state index >= 15 is 0 Å². The molecule has 23 heavy (non-hydrogen) atoms. The fourth-order valence-corrected chi connectivity index (χ4v) is 2.14. The van der Waals surface area contributed by atoms with Crippen LogP contribution in [0.5, 0.6) is 0 Å². The number of rotatable bonds is 8. The predicted octanol–water partition coefficient (Wildman–Crippen LogP) is 1.28. The lowest BCUT2D eigenvalue weighted by molar-refractivity contribution is -0.129. The zero-order valence-corrected chi connectivity index (χ0v) is 13.9. The Balaban J connectivity index is 2.63. The fraction of sp³-hybridized carbons (Fsp3) is 0.471. The van der Waals surface area contributed by atoms with Crippen molar-refractivity contribution in [1.82, 2.24) is 16.0 Å². The van der Waals surface area contributed by atoms with Gasteiger partial charge in [0, 0.05) is 13.5 Å². The molecule has 0 radical (unpaired) electrons. The van der Waals surface area contributed by atoms with Crippen LogP contribution in [0.3, 0.4) is 0 Å². The van der Waals surface area contributed by atoms with Gasteiger partial charge in [0.1, 0.15) is 6.04 Å². The van der Waals surface area contributed by atoms with Gasteiger partial charge in [0.2, 0.25) is 17.7 Å². The molecule has 0 aliphatic rings. The van der Waals surface area contributed by atoms with E-state index in [1.54, 1.807) is 6.92 Å². The van der Waals surface area contributed by atoms with Crippen molar-refractivity contribution in [2.24, 2.45) is 0 Å². The van der Waals surface area contributed by atoms with E-state index in [0.29, 0.717) is 6.54 Å². The van der Waals surface area contributed by atoms with E-state index in [-0.39, 0.29) is 24.1 Å². The second kappa shape index (κ2) is 9.61. The zero-order valence-electron chi connectivity index (χ0n) is 13.9. The predicted molar refractivity (Wildman–Crippen MR) is 88.5 cm³/mol. The summed E-state index contributed by atoms with van der Waals surface area (Å²) in [6.07, 6.45) is 0.917. The van der Waals surface area contributed by atoms with Crippen LogP contribution >= 0.6 is 0 Å². The third-order valence-electron chi connectivity index (χ3n) is 3.29. The molecule has 126 valence electrons. The van der Waals surface area contributed by atoms with Gasteiger partial charge in [-0.2, -0.15) is 0 Å². The number of carbonyl (C=O) groups is 3. The summed E-state index contributed by atoms with van der Waals surface area (Å²) in [6, 6.07) is 8.25. The quantitative estimate of drug-likeness (QED) is 0.674. The number of hydrogen-bond donors (Lipinski definition) is 3. The van der Waals surface area contributed by atoms with E-state index in [9.17, 15) is 14.4 Å². The molecule has 0 saturated heterocycles. The SMILES string of the molecule is CCCNC(=O)[C@@H](C)NC(=O)C[C@@H](NC(C)=O)c1ccccc1. The molecular weight excluding hydrogens is 294 g/mol. The van der Waals surface area contributed by atoms with E-state index in [4.69, 9.17) is 0 Å². The van der Waals surface area contributed by atoms with Crippen molar-refractivity contribution in [3.8, 4) is 0 Å². The fourth-order valence-electron chi connectivity index (χ4n) is 2.14. The smallest absolute Gasteiger partial charge is 0.242 e. The first-order valence-electron chi connectivity index (χ1n) is 7.83.